The van der Waals surface area contributed by atoms with E-state index in [9.17, 15) is 4.79 Å². The quantitative estimate of drug-likeness (QED) is 0.806. The molecule has 2 heterocycles. The summed E-state index contributed by atoms with van der Waals surface area (Å²) in [6, 6.07) is 11.1. The molecule has 2 unspecified atom stereocenters. The Morgan fingerprint density at radius 1 is 1.32 bits per heavy atom. The van der Waals surface area contributed by atoms with Crippen molar-refractivity contribution in [1.82, 2.24) is 15.6 Å². The zero-order valence-electron chi connectivity index (χ0n) is 14.2. The first kappa shape index (κ1) is 21.9. The standard InChI is InChI=1S/C18H23N3OS.2ClH/c1-13-9-15(7-8-19-13)20-17(22)11-16-12-23-18(21-16)10-14-5-3-2-4-6-14;;/h2-6,12-13,15,19H,7-11H2,1H3,(H,20,22);2*1H. The van der Waals surface area contributed by atoms with Crippen molar-refractivity contribution in [2.24, 2.45) is 0 Å². The smallest absolute Gasteiger partial charge is 0.226 e. The minimum Gasteiger partial charge on any atom is -0.353 e. The Morgan fingerprint density at radius 2 is 2.08 bits per heavy atom. The Morgan fingerprint density at radius 3 is 2.80 bits per heavy atom. The van der Waals surface area contributed by atoms with Crippen molar-refractivity contribution in [3.63, 3.8) is 0 Å². The predicted octanol–water partition coefficient (Wildman–Crippen LogP) is 3.38. The first-order chi connectivity index (χ1) is 11.2. The van der Waals surface area contributed by atoms with Gasteiger partial charge in [-0.2, -0.15) is 0 Å². The summed E-state index contributed by atoms with van der Waals surface area (Å²) in [5.41, 5.74) is 2.13. The number of hydrogen-bond acceptors (Lipinski definition) is 4. The summed E-state index contributed by atoms with van der Waals surface area (Å²) >= 11 is 1.63. The Bertz CT molecular complexity index is 651. The molecule has 1 aromatic carbocycles. The van der Waals surface area contributed by atoms with Gasteiger partial charge in [-0.3, -0.25) is 4.79 Å². The number of rotatable bonds is 5. The number of amides is 1. The number of thiazole rings is 1. The fourth-order valence-corrected chi connectivity index (χ4v) is 3.82. The molecule has 2 atom stereocenters. The van der Waals surface area contributed by atoms with Crippen LogP contribution in [0.4, 0.5) is 0 Å². The molecular formula is C18H25Cl2N3OS. The second kappa shape index (κ2) is 10.8. The van der Waals surface area contributed by atoms with Crippen LogP contribution in [-0.2, 0) is 17.6 Å². The molecule has 0 aliphatic carbocycles. The molecule has 2 N–H and O–H groups in total. The van der Waals surface area contributed by atoms with E-state index in [-0.39, 0.29) is 30.7 Å². The minimum atomic E-state index is 0. The number of halogens is 2. The van der Waals surface area contributed by atoms with Gasteiger partial charge >= 0.3 is 0 Å². The molecule has 1 saturated heterocycles. The van der Waals surface area contributed by atoms with Crippen LogP contribution in [0.3, 0.4) is 0 Å². The van der Waals surface area contributed by atoms with E-state index in [1.807, 2.05) is 23.6 Å². The van der Waals surface area contributed by atoms with Crippen molar-refractivity contribution < 1.29 is 4.79 Å². The molecule has 4 nitrogen and oxygen atoms in total. The van der Waals surface area contributed by atoms with E-state index in [0.29, 0.717) is 18.5 Å². The molecule has 7 heteroatoms. The maximum atomic E-state index is 12.2. The zero-order valence-corrected chi connectivity index (χ0v) is 16.7. The molecule has 138 valence electrons. The van der Waals surface area contributed by atoms with Gasteiger partial charge in [0, 0.05) is 23.9 Å². The summed E-state index contributed by atoms with van der Waals surface area (Å²) in [5.74, 6) is 0.0839. The largest absolute Gasteiger partial charge is 0.353 e. The number of nitrogens with one attached hydrogen (secondary N) is 2. The normalized spacial score (nSPS) is 19.4. The summed E-state index contributed by atoms with van der Waals surface area (Å²) < 4.78 is 0. The molecule has 0 radical (unpaired) electrons. The second-order valence-electron chi connectivity index (χ2n) is 6.22. The lowest BCUT2D eigenvalue weighted by Gasteiger charge is -2.28. The number of carbonyl (C=O) groups excluding carboxylic acids is 1. The maximum Gasteiger partial charge on any atom is 0.226 e. The van der Waals surface area contributed by atoms with Crippen LogP contribution in [0, 0.1) is 0 Å². The fourth-order valence-electron chi connectivity index (χ4n) is 2.99. The molecule has 1 aromatic heterocycles. The van der Waals surface area contributed by atoms with Crippen molar-refractivity contribution in [2.75, 3.05) is 6.54 Å². The third-order valence-electron chi connectivity index (χ3n) is 4.13. The lowest BCUT2D eigenvalue weighted by atomic mass is 10.0. The Balaban J connectivity index is 0.00000156. The van der Waals surface area contributed by atoms with Crippen molar-refractivity contribution >= 4 is 42.1 Å². The van der Waals surface area contributed by atoms with Gasteiger partial charge in [0.2, 0.25) is 5.91 Å². The van der Waals surface area contributed by atoms with Crippen molar-refractivity contribution in [1.29, 1.82) is 0 Å². The van der Waals surface area contributed by atoms with Crippen LogP contribution >= 0.6 is 36.2 Å². The summed E-state index contributed by atoms with van der Waals surface area (Å²) in [5, 5.41) is 9.61. The molecule has 0 spiro atoms. The summed E-state index contributed by atoms with van der Waals surface area (Å²) in [6.45, 7) is 3.14. The molecule has 1 aliphatic heterocycles. The van der Waals surface area contributed by atoms with Crippen LogP contribution < -0.4 is 10.6 Å². The Labute approximate surface area is 165 Å². The summed E-state index contributed by atoms with van der Waals surface area (Å²) in [6.07, 6.45) is 3.22. The minimum absolute atomic E-state index is 0. The van der Waals surface area contributed by atoms with E-state index in [4.69, 9.17) is 0 Å². The van der Waals surface area contributed by atoms with Crippen molar-refractivity contribution in [2.45, 2.75) is 44.7 Å². The summed E-state index contributed by atoms with van der Waals surface area (Å²) in [4.78, 5) is 16.8. The fraction of sp³-hybridized carbons (Fsp3) is 0.444. The molecule has 3 rings (SSSR count). The SMILES string of the molecule is CC1CC(NC(=O)Cc2csc(Cc3ccccc3)n2)CCN1.Cl.Cl. The van der Waals surface area contributed by atoms with Gasteiger partial charge in [-0.25, -0.2) is 4.98 Å². The van der Waals surface area contributed by atoms with Gasteiger partial charge in [0.1, 0.15) is 0 Å². The van der Waals surface area contributed by atoms with Crippen LogP contribution in [0.25, 0.3) is 0 Å². The zero-order chi connectivity index (χ0) is 16.1. The van der Waals surface area contributed by atoms with Gasteiger partial charge in [-0.1, -0.05) is 30.3 Å². The third-order valence-corrected chi connectivity index (χ3v) is 5.03. The molecule has 1 amide bonds. The number of aromatic nitrogens is 1. The number of piperidine rings is 1. The average molecular weight is 402 g/mol. The van der Waals surface area contributed by atoms with E-state index in [0.717, 1.165) is 36.5 Å². The van der Waals surface area contributed by atoms with Crippen LogP contribution in [0.5, 0.6) is 0 Å². The Hall–Kier alpha value is -1.14. The van der Waals surface area contributed by atoms with Crippen molar-refractivity contribution in [3.05, 3.63) is 52.0 Å². The lowest BCUT2D eigenvalue weighted by Crippen LogP contribution is -2.46. The van der Waals surface area contributed by atoms with E-state index in [2.05, 4.69) is 34.7 Å². The van der Waals surface area contributed by atoms with Crippen LogP contribution in [0.15, 0.2) is 35.7 Å². The van der Waals surface area contributed by atoms with E-state index < -0.39 is 0 Å². The molecule has 1 aliphatic rings. The van der Waals surface area contributed by atoms with Crippen molar-refractivity contribution in [3.8, 4) is 0 Å². The maximum absolute atomic E-state index is 12.2. The topological polar surface area (TPSA) is 54.0 Å². The molecule has 0 bridgehead atoms. The van der Waals surface area contributed by atoms with Gasteiger partial charge in [0.05, 0.1) is 17.1 Å². The first-order valence-corrected chi connectivity index (χ1v) is 9.07. The number of hydrogen-bond donors (Lipinski definition) is 2. The lowest BCUT2D eigenvalue weighted by molar-refractivity contribution is -0.121. The van der Waals surface area contributed by atoms with Crippen LogP contribution in [-0.4, -0.2) is 29.5 Å². The third kappa shape index (κ3) is 6.94. The summed E-state index contributed by atoms with van der Waals surface area (Å²) in [7, 11) is 0. The van der Waals surface area contributed by atoms with E-state index in [1.165, 1.54) is 5.56 Å². The molecule has 25 heavy (non-hydrogen) atoms. The number of nitrogens with zero attached hydrogens (tertiary/aromatic N) is 1. The van der Waals surface area contributed by atoms with Gasteiger partial charge in [-0.15, -0.1) is 36.2 Å². The van der Waals surface area contributed by atoms with E-state index >= 15 is 0 Å². The van der Waals surface area contributed by atoms with E-state index in [1.54, 1.807) is 11.3 Å². The predicted molar refractivity (Wildman–Crippen MR) is 108 cm³/mol. The highest BCUT2D eigenvalue weighted by Gasteiger charge is 2.20. The van der Waals surface area contributed by atoms with Crippen LogP contribution in [0.1, 0.15) is 36.0 Å². The number of carbonyl (C=O) groups is 1. The average Bonchev–Trinajstić information content (AvgIpc) is 2.95. The first-order valence-electron chi connectivity index (χ1n) is 8.19. The highest BCUT2D eigenvalue weighted by Crippen LogP contribution is 2.15. The monoisotopic (exact) mass is 401 g/mol. The molecule has 2 aromatic rings. The molecular weight excluding hydrogens is 377 g/mol. The highest BCUT2D eigenvalue weighted by molar-refractivity contribution is 7.09. The van der Waals surface area contributed by atoms with Gasteiger partial charge < -0.3 is 10.6 Å². The highest BCUT2D eigenvalue weighted by atomic mass is 35.5. The van der Waals surface area contributed by atoms with Gasteiger partial charge in [0.15, 0.2) is 0 Å². The molecule has 1 fully saturated rings. The second-order valence-corrected chi connectivity index (χ2v) is 7.16. The number of benzene rings is 1. The Kier molecular flexibility index (Phi) is 9.43. The van der Waals surface area contributed by atoms with Gasteiger partial charge in [-0.05, 0) is 31.9 Å². The van der Waals surface area contributed by atoms with Gasteiger partial charge in [0.25, 0.3) is 0 Å². The molecule has 0 saturated carbocycles. The van der Waals surface area contributed by atoms with Crippen LogP contribution in [0.2, 0.25) is 0 Å².